The molecule has 1 aromatic carbocycles. The first-order chi connectivity index (χ1) is 8.99. The summed E-state index contributed by atoms with van der Waals surface area (Å²) in [6.07, 6.45) is 0. The van der Waals surface area contributed by atoms with Gasteiger partial charge in [0.25, 0.3) is 0 Å². The van der Waals surface area contributed by atoms with Gasteiger partial charge in [0, 0.05) is 7.05 Å². The number of nitrogens with two attached hydrogens (primary N) is 1. The van der Waals surface area contributed by atoms with Crippen LogP contribution in [0.4, 0.5) is 0 Å². The van der Waals surface area contributed by atoms with Crippen LogP contribution in [0.5, 0.6) is 0 Å². The summed E-state index contributed by atoms with van der Waals surface area (Å²) < 4.78 is 1.14. The summed E-state index contributed by atoms with van der Waals surface area (Å²) in [5, 5.41) is 0.938. The van der Waals surface area contributed by atoms with Gasteiger partial charge in [0.05, 0.1) is 22.8 Å². The number of rotatable bonds is 4. The van der Waals surface area contributed by atoms with Gasteiger partial charge < -0.3 is 10.6 Å². The van der Waals surface area contributed by atoms with Crippen LogP contribution in [-0.2, 0) is 11.3 Å². The molecule has 2 aromatic rings. The highest BCUT2D eigenvalue weighted by molar-refractivity contribution is 7.18. The first-order valence-electron chi connectivity index (χ1n) is 6.34. The Bertz CT molecular complexity index is 546. The highest BCUT2D eigenvalue weighted by Crippen LogP contribution is 2.22. The van der Waals surface area contributed by atoms with Crippen LogP contribution in [-0.4, -0.2) is 28.9 Å². The Morgan fingerprint density at radius 1 is 1.42 bits per heavy atom. The van der Waals surface area contributed by atoms with E-state index in [0.717, 1.165) is 15.2 Å². The molecule has 0 aliphatic carbocycles. The Balaban J connectivity index is 2.10. The standard InChI is InChI=1S/C14H19N3OS/c1-9(2)13(15)14(18)17(3)8-12-16-10-6-4-5-7-11(10)19-12/h4-7,9,13H,8,15H2,1-3H3/t13-/m1/s1. The Morgan fingerprint density at radius 2 is 2.11 bits per heavy atom. The monoisotopic (exact) mass is 277 g/mol. The lowest BCUT2D eigenvalue weighted by Crippen LogP contribution is -2.44. The van der Waals surface area contributed by atoms with E-state index in [1.165, 1.54) is 0 Å². The molecule has 0 saturated heterocycles. The number of nitrogens with zero attached hydrogens (tertiary/aromatic N) is 2. The molecule has 102 valence electrons. The minimum atomic E-state index is -0.445. The molecule has 0 unspecified atom stereocenters. The van der Waals surface area contributed by atoms with E-state index in [0.29, 0.717) is 6.54 Å². The van der Waals surface area contributed by atoms with Gasteiger partial charge in [-0.25, -0.2) is 4.98 Å². The molecule has 2 N–H and O–H groups in total. The zero-order chi connectivity index (χ0) is 14.0. The lowest BCUT2D eigenvalue weighted by Gasteiger charge is -2.22. The van der Waals surface area contributed by atoms with E-state index in [1.54, 1.807) is 23.3 Å². The van der Waals surface area contributed by atoms with Gasteiger partial charge in [-0.15, -0.1) is 11.3 Å². The zero-order valence-electron chi connectivity index (χ0n) is 11.5. The maximum absolute atomic E-state index is 12.1. The molecule has 1 heterocycles. The Hall–Kier alpha value is -1.46. The van der Waals surface area contributed by atoms with Crippen molar-refractivity contribution in [3.63, 3.8) is 0 Å². The van der Waals surface area contributed by atoms with Gasteiger partial charge in [-0.3, -0.25) is 4.79 Å². The predicted molar refractivity (Wildman–Crippen MR) is 78.9 cm³/mol. The molecule has 5 heteroatoms. The van der Waals surface area contributed by atoms with E-state index >= 15 is 0 Å². The van der Waals surface area contributed by atoms with E-state index in [-0.39, 0.29) is 11.8 Å². The van der Waals surface area contributed by atoms with Crippen molar-refractivity contribution in [2.75, 3.05) is 7.05 Å². The summed E-state index contributed by atoms with van der Waals surface area (Å²) >= 11 is 1.62. The van der Waals surface area contributed by atoms with Crippen molar-refractivity contribution in [1.29, 1.82) is 0 Å². The van der Waals surface area contributed by atoms with Gasteiger partial charge in [0.15, 0.2) is 0 Å². The number of fused-ring (bicyclic) bond motifs is 1. The van der Waals surface area contributed by atoms with Crippen molar-refractivity contribution < 1.29 is 4.79 Å². The van der Waals surface area contributed by atoms with E-state index in [1.807, 2.05) is 38.1 Å². The predicted octanol–water partition coefficient (Wildman–Crippen LogP) is 2.24. The third-order valence-corrected chi connectivity index (χ3v) is 4.11. The summed E-state index contributed by atoms with van der Waals surface area (Å²) in [6.45, 7) is 4.42. The zero-order valence-corrected chi connectivity index (χ0v) is 12.3. The summed E-state index contributed by atoms with van der Waals surface area (Å²) in [5.74, 6) is 0.111. The molecule has 1 atom stereocenters. The number of carbonyl (C=O) groups is 1. The van der Waals surface area contributed by atoms with E-state index < -0.39 is 6.04 Å². The number of hydrogen-bond acceptors (Lipinski definition) is 4. The van der Waals surface area contributed by atoms with Crippen LogP contribution >= 0.6 is 11.3 Å². The van der Waals surface area contributed by atoms with Crippen molar-refractivity contribution in [3.05, 3.63) is 29.3 Å². The van der Waals surface area contributed by atoms with Crippen LogP contribution in [0.15, 0.2) is 24.3 Å². The van der Waals surface area contributed by atoms with Crippen molar-refractivity contribution >= 4 is 27.5 Å². The van der Waals surface area contributed by atoms with Crippen LogP contribution in [0.25, 0.3) is 10.2 Å². The third kappa shape index (κ3) is 3.11. The van der Waals surface area contributed by atoms with E-state index in [9.17, 15) is 4.79 Å². The second kappa shape index (κ2) is 5.67. The fourth-order valence-electron chi connectivity index (χ4n) is 1.81. The van der Waals surface area contributed by atoms with Crippen LogP contribution in [0.3, 0.4) is 0 Å². The number of benzene rings is 1. The lowest BCUT2D eigenvalue weighted by molar-refractivity contribution is -0.132. The van der Waals surface area contributed by atoms with E-state index in [4.69, 9.17) is 5.73 Å². The number of thiazole rings is 1. The molecule has 1 aromatic heterocycles. The number of carbonyl (C=O) groups excluding carboxylic acids is 1. The number of para-hydroxylation sites is 1. The van der Waals surface area contributed by atoms with Crippen molar-refractivity contribution in [2.24, 2.45) is 11.7 Å². The quantitative estimate of drug-likeness (QED) is 0.932. The number of hydrogen-bond donors (Lipinski definition) is 1. The fraction of sp³-hybridized carbons (Fsp3) is 0.429. The van der Waals surface area contributed by atoms with Crippen LogP contribution in [0.2, 0.25) is 0 Å². The molecule has 2 rings (SSSR count). The fourth-order valence-corrected chi connectivity index (χ4v) is 2.83. The minimum Gasteiger partial charge on any atom is -0.338 e. The summed E-state index contributed by atoms with van der Waals surface area (Å²) in [5.41, 5.74) is 6.86. The molecular formula is C14H19N3OS. The number of amides is 1. The molecule has 4 nitrogen and oxygen atoms in total. The van der Waals surface area contributed by atoms with Gasteiger partial charge >= 0.3 is 0 Å². The van der Waals surface area contributed by atoms with Crippen LogP contribution < -0.4 is 5.73 Å². The summed E-state index contributed by atoms with van der Waals surface area (Å²) in [7, 11) is 1.77. The average Bonchev–Trinajstić information content (AvgIpc) is 2.78. The highest BCUT2D eigenvalue weighted by Gasteiger charge is 2.21. The van der Waals surface area contributed by atoms with Gasteiger partial charge in [-0.05, 0) is 18.1 Å². The Kier molecular flexibility index (Phi) is 4.17. The summed E-state index contributed by atoms with van der Waals surface area (Å²) in [4.78, 5) is 18.3. The molecule has 0 fully saturated rings. The topological polar surface area (TPSA) is 59.2 Å². The summed E-state index contributed by atoms with van der Waals surface area (Å²) in [6, 6.07) is 7.54. The third-order valence-electron chi connectivity index (χ3n) is 3.09. The maximum atomic E-state index is 12.1. The minimum absolute atomic E-state index is 0.0331. The maximum Gasteiger partial charge on any atom is 0.239 e. The number of likely N-dealkylation sites (N-methyl/N-ethyl adjacent to an activating group) is 1. The number of aromatic nitrogens is 1. The van der Waals surface area contributed by atoms with Gasteiger partial charge in [0.1, 0.15) is 5.01 Å². The van der Waals surface area contributed by atoms with Crippen molar-refractivity contribution in [3.8, 4) is 0 Å². The molecular weight excluding hydrogens is 258 g/mol. The average molecular weight is 277 g/mol. The first-order valence-corrected chi connectivity index (χ1v) is 7.15. The molecule has 0 aliphatic heterocycles. The largest absolute Gasteiger partial charge is 0.338 e. The highest BCUT2D eigenvalue weighted by atomic mass is 32.1. The molecule has 0 spiro atoms. The smallest absolute Gasteiger partial charge is 0.239 e. The van der Waals surface area contributed by atoms with Gasteiger partial charge in [-0.1, -0.05) is 26.0 Å². The molecule has 0 radical (unpaired) electrons. The van der Waals surface area contributed by atoms with Crippen molar-refractivity contribution in [2.45, 2.75) is 26.4 Å². The van der Waals surface area contributed by atoms with E-state index in [2.05, 4.69) is 4.98 Å². The van der Waals surface area contributed by atoms with Gasteiger partial charge in [0.2, 0.25) is 5.91 Å². The lowest BCUT2D eigenvalue weighted by atomic mass is 10.0. The Labute approximate surface area is 117 Å². The molecule has 0 bridgehead atoms. The second-order valence-electron chi connectivity index (χ2n) is 5.04. The molecule has 1 amide bonds. The second-order valence-corrected chi connectivity index (χ2v) is 6.15. The molecule has 0 aliphatic rings. The SMILES string of the molecule is CC(C)[C@@H](N)C(=O)N(C)Cc1nc2ccccc2s1. The molecule has 19 heavy (non-hydrogen) atoms. The van der Waals surface area contributed by atoms with Gasteiger partial charge in [-0.2, -0.15) is 0 Å². The first kappa shape index (κ1) is 14.0. The Morgan fingerprint density at radius 3 is 2.74 bits per heavy atom. The van der Waals surface area contributed by atoms with Crippen molar-refractivity contribution in [1.82, 2.24) is 9.88 Å². The van der Waals surface area contributed by atoms with Crippen LogP contribution in [0, 0.1) is 5.92 Å². The van der Waals surface area contributed by atoms with Crippen LogP contribution in [0.1, 0.15) is 18.9 Å². The normalized spacial score (nSPS) is 12.9. The molecule has 0 saturated carbocycles.